The summed E-state index contributed by atoms with van der Waals surface area (Å²) in [6.07, 6.45) is 0. The molecule has 94 valence electrons. The number of imidazole rings is 1. The van der Waals surface area contributed by atoms with Crippen LogP contribution in [-0.2, 0) is 5.54 Å². The van der Waals surface area contributed by atoms with Crippen LogP contribution in [0.2, 0.25) is 0 Å². The quantitative estimate of drug-likeness (QED) is 0.713. The summed E-state index contributed by atoms with van der Waals surface area (Å²) in [5, 5.41) is 9.06. The van der Waals surface area contributed by atoms with Crippen LogP contribution in [0.4, 0.5) is 4.39 Å². The van der Waals surface area contributed by atoms with Crippen molar-refractivity contribution in [3.63, 3.8) is 0 Å². The minimum atomic E-state index is -0.432. The smallest absolute Gasteiger partial charge is 0.152 e. The highest BCUT2D eigenvalue weighted by Crippen LogP contribution is 2.30. The summed E-state index contributed by atoms with van der Waals surface area (Å²) in [6, 6.07) is 3.30. The van der Waals surface area contributed by atoms with Crippen molar-refractivity contribution in [2.45, 2.75) is 40.2 Å². The van der Waals surface area contributed by atoms with Gasteiger partial charge in [-0.3, -0.25) is 0 Å². The largest absolute Gasteiger partial charge is 0.322 e. The first-order valence-corrected chi connectivity index (χ1v) is 5.86. The fraction of sp³-hybridized carbons (Fsp3) is 0.429. The van der Waals surface area contributed by atoms with Gasteiger partial charge in [0, 0.05) is 5.54 Å². The number of nitrogens with zero attached hydrogens (tertiary/aromatic N) is 3. The Hall–Kier alpha value is -1.89. The van der Waals surface area contributed by atoms with E-state index in [4.69, 9.17) is 5.26 Å². The summed E-state index contributed by atoms with van der Waals surface area (Å²) in [5.74, 6) is 0.327. The van der Waals surface area contributed by atoms with Gasteiger partial charge in [-0.1, -0.05) is 0 Å². The van der Waals surface area contributed by atoms with Crippen molar-refractivity contribution >= 4 is 11.0 Å². The van der Waals surface area contributed by atoms with Gasteiger partial charge in [0.05, 0.1) is 17.1 Å². The van der Waals surface area contributed by atoms with Crippen molar-refractivity contribution in [3.8, 4) is 6.07 Å². The molecule has 1 aromatic carbocycles. The zero-order valence-electron chi connectivity index (χ0n) is 11.3. The number of aryl methyl sites for hydroxylation is 2. The summed E-state index contributed by atoms with van der Waals surface area (Å²) in [7, 11) is 0. The third-order valence-corrected chi connectivity index (χ3v) is 3.09. The fourth-order valence-electron chi connectivity index (χ4n) is 2.41. The van der Waals surface area contributed by atoms with Crippen molar-refractivity contribution in [1.82, 2.24) is 9.55 Å². The first-order chi connectivity index (χ1) is 8.27. The average molecular weight is 245 g/mol. The molecule has 0 spiro atoms. The molecule has 2 aromatic rings. The summed E-state index contributed by atoms with van der Waals surface area (Å²) in [4.78, 5) is 4.29. The van der Waals surface area contributed by atoms with E-state index < -0.39 is 5.82 Å². The second-order valence-electron chi connectivity index (χ2n) is 5.51. The average Bonchev–Trinajstić information content (AvgIpc) is 2.61. The van der Waals surface area contributed by atoms with Gasteiger partial charge in [-0.15, -0.1) is 0 Å². The van der Waals surface area contributed by atoms with E-state index in [9.17, 15) is 4.39 Å². The third-order valence-electron chi connectivity index (χ3n) is 3.09. The molecular formula is C14H16FN3. The van der Waals surface area contributed by atoms with Crippen LogP contribution in [-0.4, -0.2) is 9.55 Å². The molecule has 0 aliphatic carbocycles. The SMILES string of the molecule is Cc1c(C#N)cc(F)c2nc(C)n(C(C)(C)C)c12. The van der Waals surface area contributed by atoms with Gasteiger partial charge in [-0.2, -0.15) is 5.26 Å². The Morgan fingerprint density at radius 3 is 2.44 bits per heavy atom. The van der Waals surface area contributed by atoms with Crippen LogP contribution < -0.4 is 0 Å². The number of hydrogen-bond acceptors (Lipinski definition) is 2. The van der Waals surface area contributed by atoms with Gasteiger partial charge in [0.15, 0.2) is 5.82 Å². The molecule has 0 amide bonds. The van der Waals surface area contributed by atoms with Gasteiger partial charge in [0.2, 0.25) is 0 Å². The second-order valence-corrected chi connectivity index (χ2v) is 5.51. The van der Waals surface area contributed by atoms with Crippen LogP contribution in [0.1, 0.15) is 37.7 Å². The van der Waals surface area contributed by atoms with E-state index in [1.807, 2.05) is 45.3 Å². The van der Waals surface area contributed by atoms with Gasteiger partial charge >= 0.3 is 0 Å². The van der Waals surface area contributed by atoms with Gasteiger partial charge in [-0.05, 0) is 46.2 Å². The Kier molecular flexibility index (Phi) is 2.66. The maximum Gasteiger partial charge on any atom is 0.152 e. The molecule has 0 aliphatic rings. The second kappa shape index (κ2) is 3.81. The lowest BCUT2D eigenvalue weighted by atomic mass is 10.0. The van der Waals surface area contributed by atoms with Crippen molar-refractivity contribution in [2.75, 3.05) is 0 Å². The molecule has 1 aromatic heterocycles. The predicted octanol–water partition coefficient (Wildman–Crippen LogP) is 3.42. The molecule has 0 bridgehead atoms. The van der Waals surface area contributed by atoms with Crippen molar-refractivity contribution in [3.05, 3.63) is 28.8 Å². The fourth-order valence-corrected chi connectivity index (χ4v) is 2.41. The van der Waals surface area contributed by atoms with Gasteiger partial charge in [0.1, 0.15) is 11.3 Å². The molecule has 0 fully saturated rings. The first-order valence-electron chi connectivity index (χ1n) is 5.86. The Labute approximate surface area is 106 Å². The Morgan fingerprint density at radius 2 is 1.94 bits per heavy atom. The summed E-state index contributed by atoms with van der Waals surface area (Å²) >= 11 is 0. The van der Waals surface area contributed by atoms with Gasteiger partial charge < -0.3 is 4.57 Å². The van der Waals surface area contributed by atoms with Crippen LogP contribution in [0.3, 0.4) is 0 Å². The van der Waals surface area contributed by atoms with Gasteiger partial charge in [0.25, 0.3) is 0 Å². The zero-order valence-corrected chi connectivity index (χ0v) is 11.3. The van der Waals surface area contributed by atoms with E-state index in [1.54, 1.807) is 0 Å². The summed E-state index contributed by atoms with van der Waals surface area (Å²) < 4.78 is 16.0. The number of fused-ring (bicyclic) bond motifs is 1. The standard InChI is InChI=1S/C14H16FN3/c1-8-10(7-16)6-11(15)12-13(8)18(9(2)17-12)14(3,4)5/h6H,1-5H3. The molecule has 0 saturated heterocycles. The molecule has 4 heteroatoms. The molecule has 0 saturated carbocycles. The lowest BCUT2D eigenvalue weighted by molar-refractivity contribution is 0.399. The molecular weight excluding hydrogens is 229 g/mol. The summed E-state index contributed by atoms with van der Waals surface area (Å²) in [5.41, 5.74) is 2.01. The van der Waals surface area contributed by atoms with Crippen LogP contribution >= 0.6 is 0 Å². The van der Waals surface area contributed by atoms with Crippen molar-refractivity contribution in [2.24, 2.45) is 0 Å². The van der Waals surface area contributed by atoms with Crippen LogP contribution in [0.25, 0.3) is 11.0 Å². The van der Waals surface area contributed by atoms with Crippen molar-refractivity contribution < 1.29 is 4.39 Å². The Bertz CT molecular complexity index is 669. The number of hydrogen-bond donors (Lipinski definition) is 0. The Balaban J connectivity index is 3.02. The maximum absolute atomic E-state index is 14.0. The number of halogens is 1. The van der Waals surface area contributed by atoms with E-state index >= 15 is 0 Å². The van der Waals surface area contributed by atoms with Crippen LogP contribution in [0.5, 0.6) is 0 Å². The van der Waals surface area contributed by atoms with E-state index in [-0.39, 0.29) is 5.54 Å². The lowest BCUT2D eigenvalue weighted by Gasteiger charge is -2.24. The number of rotatable bonds is 0. The molecule has 18 heavy (non-hydrogen) atoms. The highest BCUT2D eigenvalue weighted by Gasteiger charge is 2.23. The molecule has 1 heterocycles. The van der Waals surface area contributed by atoms with Crippen LogP contribution in [0.15, 0.2) is 6.07 Å². The number of aromatic nitrogens is 2. The van der Waals surface area contributed by atoms with Crippen molar-refractivity contribution in [1.29, 1.82) is 5.26 Å². The van der Waals surface area contributed by atoms with E-state index in [0.29, 0.717) is 11.1 Å². The number of benzene rings is 1. The minimum Gasteiger partial charge on any atom is -0.322 e. The summed E-state index contributed by atoms with van der Waals surface area (Å²) in [6.45, 7) is 9.81. The highest BCUT2D eigenvalue weighted by molar-refractivity contribution is 5.83. The highest BCUT2D eigenvalue weighted by atomic mass is 19.1. The Morgan fingerprint density at radius 1 is 1.33 bits per heavy atom. The normalized spacial score (nSPS) is 11.8. The molecule has 0 N–H and O–H groups in total. The molecule has 3 nitrogen and oxygen atoms in total. The first kappa shape index (κ1) is 12.6. The number of nitriles is 1. The molecule has 0 unspecified atom stereocenters. The molecule has 0 atom stereocenters. The van der Waals surface area contributed by atoms with E-state index in [1.165, 1.54) is 6.07 Å². The minimum absolute atomic E-state index is 0.204. The van der Waals surface area contributed by atoms with Gasteiger partial charge in [-0.25, -0.2) is 9.37 Å². The lowest BCUT2D eigenvalue weighted by Crippen LogP contribution is -2.23. The monoisotopic (exact) mass is 245 g/mol. The predicted molar refractivity (Wildman–Crippen MR) is 68.9 cm³/mol. The topological polar surface area (TPSA) is 41.6 Å². The zero-order chi connectivity index (χ0) is 13.7. The van der Waals surface area contributed by atoms with E-state index in [2.05, 4.69) is 4.98 Å². The molecule has 0 aliphatic heterocycles. The molecule has 2 rings (SSSR count). The maximum atomic E-state index is 14.0. The molecule has 0 radical (unpaired) electrons. The van der Waals surface area contributed by atoms with E-state index in [0.717, 1.165) is 16.9 Å². The van der Waals surface area contributed by atoms with Crippen LogP contribution in [0, 0.1) is 31.0 Å². The third kappa shape index (κ3) is 1.67.